The molecule has 1 aliphatic carbocycles. The average Bonchev–Trinajstić information content (AvgIpc) is 2.28. The number of nitrogens with one attached hydrogen (secondary N) is 1. The number of aryl methyl sites for hydroxylation is 1. The quantitative estimate of drug-likeness (QED) is 0.846. The largest absolute Gasteiger partial charge is 0.302 e. The summed E-state index contributed by atoms with van der Waals surface area (Å²) in [5, 5.41) is 12.3. The fourth-order valence-electron chi connectivity index (χ4n) is 2.13. The monoisotopic (exact) mass is 264 g/mol. The van der Waals surface area contributed by atoms with Crippen molar-refractivity contribution in [3.63, 3.8) is 0 Å². The number of nitrogens with zero attached hydrogens (tertiary/aromatic N) is 1. The van der Waals surface area contributed by atoms with Crippen molar-refractivity contribution >= 4 is 15.9 Å². The lowest BCUT2D eigenvalue weighted by atomic mass is 9.79. The number of fused-ring (bicyclic) bond motifs is 1. The second-order valence-corrected chi connectivity index (χ2v) is 4.95. The molecule has 1 aromatic carbocycles. The van der Waals surface area contributed by atoms with Crippen LogP contribution in [0.2, 0.25) is 0 Å². The zero-order valence-corrected chi connectivity index (χ0v) is 10.3. The summed E-state index contributed by atoms with van der Waals surface area (Å²) < 4.78 is 1.12. The lowest BCUT2D eigenvalue weighted by Crippen LogP contribution is -2.46. The van der Waals surface area contributed by atoms with E-state index in [4.69, 9.17) is 0 Å². The summed E-state index contributed by atoms with van der Waals surface area (Å²) in [4.78, 5) is 0. The molecule has 1 aliphatic rings. The first kappa shape index (κ1) is 10.7. The minimum atomic E-state index is -0.360. The zero-order chi connectivity index (χ0) is 10.9. The molecular formula is C12H13BrN2. The Morgan fingerprint density at radius 1 is 1.47 bits per heavy atom. The molecule has 1 aromatic rings. The minimum Gasteiger partial charge on any atom is -0.302 e. The van der Waals surface area contributed by atoms with E-state index in [2.05, 4.69) is 39.4 Å². The van der Waals surface area contributed by atoms with Crippen molar-refractivity contribution < 1.29 is 0 Å². The highest BCUT2D eigenvalue weighted by Crippen LogP contribution is 2.29. The number of hydrogen-bond acceptors (Lipinski definition) is 2. The van der Waals surface area contributed by atoms with Crippen LogP contribution in [0.25, 0.3) is 0 Å². The van der Waals surface area contributed by atoms with Crippen molar-refractivity contribution in [2.45, 2.75) is 24.8 Å². The molecule has 2 nitrogen and oxygen atoms in total. The maximum Gasteiger partial charge on any atom is 0.110 e. The van der Waals surface area contributed by atoms with Crippen LogP contribution >= 0.6 is 15.9 Å². The van der Waals surface area contributed by atoms with E-state index in [1.807, 2.05) is 13.1 Å². The first-order chi connectivity index (χ1) is 7.19. The second kappa shape index (κ2) is 3.96. The smallest absolute Gasteiger partial charge is 0.110 e. The van der Waals surface area contributed by atoms with Gasteiger partial charge >= 0.3 is 0 Å². The maximum atomic E-state index is 9.20. The molecule has 1 unspecified atom stereocenters. The van der Waals surface area contributed by atoms with Crippen LogP contribution in [-0.2, 0) is 12.8 Å². The molecule has 78 valence electrons. The Balaban J connectivity index is 2.35. The van der Waals surface area contributed by atoms with Crippen LogP contribution in [0.15, 0.2) is 22.7 Å². The van der Waals surface area contributed by atoms with Crippen LogP contribution in [0.5, 0.6) is 0 Å². The number of hydrogen-bond donors (Lipinski definition) is 1. The Labute approximate surface area is 98.4 Å². The highest BCUT2D eigenvalue weighted by molar-refractivity contribution is 9.10. The molecular weight excluding hydrogens is 252 g/mol. The molecule has 1 N–H and O–H groups in total. The van der Waals surface area contributed by atoms with Crippen LogP contribution in [-0.4, -0.2) is 12.6 Å². The molecule has 0 amide bonds. The van der Waals surface area contributed by atoms with E-state index in [0.29, 0.717) is 0 Å². The van der Waals surface area contributed by atoms with Crippen molar-refractivity contribution in [2.75, 3.05) is 7.05 Å². The van der Waals surface area contributed by atoms with E-state index in [0.717, 1.165) is 23.7 Å². The average molecular weight is 265 g/mol. The predicted octanol–water partition coefficient (Wildman–Crippen LogP) is 2.42. The van der Waals surface area contributed by atoms with E-state index in [-0.39, 0.29) is 5.54 Å². The van der Waals surface area contributed by atoms with Crippen molar-refractivity contribution in [2.24, 2.45) is 0 Å². The molecule has 0 fully saturated rings. The van der Waals surface area contributed by atoms with Crippen molar-refractivity contribution in [3.8, 4) is 6.07 Å². The van der Waals surface area contributed by atoms with E-state index in [1.54, 1.807) is 0 Å². The first-order valence-electron chi connectivity index (χ1n) is 5.06. The molecule has 0 bridgehead atoms. The van der Waals surface area contributed by atoms with Gasteiger partial charge in [0.25, 0.3) is 0 Å². The Bertz CT molecular complexity index is 422. The third-order valence-corrected chi connectivity index (χ3v) is 3.67. The summed E-state index contributed by atoms with van der Waals surface area (Å²) in [5.74, 6) is 0. The molecule has 0 heterocycles. The summed E-state index contributed by atoms with van der Waals surface area (Å²) >= 11 is 3.47. The SMILES string of the molecule is CNC1(C#N)CCc2cc(Br)ccc2C1. The van der Waals surface area contributed by atoms with Crippen LogP contribution in [0.4, 0.5) is 0 Å². The summed E-state index contributed by atoms with van der Waals surface area (Å²) in [6.45, 7) is 0. The topological polar surface area (TPSA) is 35.8 Å². The molecule has 15 heavy (non-hydrogen) atoms. The molecule has 0 aromatic heterocycles. The minimum absolute atomic E-state index is 0.360. The zero-order valence-electron chi connectivity index (χ0n) is 8.68. The van der Waals surface area contributed by atoms with Gasteiger partial charge in [0, 0.05) is 10.9 Å². The first-order valence-corrected chi connectivity index (χ1v) is 5.86. The third kappa shape index (κ3) is 1.92. The Morgan fingerprint density at radius 3 is 2.93 bits per heavy atom. The fraction of sp³-hybridized carbons (Fsp3) is 0.417. The Kier molecular flexibility index (Phi) is 2.81. The van der Waals surface area contributed by atoms with Gasteiger partial charge in [-0.05, 0) is 43.1 Å². The lowest BCUT2D eigenvalue weighted by Gasteiger charge is -2.31. The van der Waals surface area contributed by atoms with Gasteiger partial charge in [0.05, 0.1) is 6.07 Å². The van der Waals surface area contributed by atoms with Gasteiger partial charge in [-0.15, -0.1) is 0 Å². The van der Waals surface area contributed by atoms with Gasteiger partial charge in [-0.2, -0.15) is 5.26 Å². The molecule has 0 saturated carbocycles. The van der Waals surface area contributed by atoms with E-state index >= 15 is 0 Å². The fourth-order valence-corrected chi connectivity index (χ4v) is 2.53. The van der Waals surface area contributed by atoms with Crippen molar-refractivity contribution in [3.05, 3.63) is 33.8 Å². The number of rotatable bonds is 1. The van der Waals surface area contributed by atoms with E-state index in [1.165, 1.54) is 11.1 Å². The van der Waals surface area contributed by atoms with Crippen LogP contribution in [0.1, 0.15) is 17.5 Å². The van der Waals surface area contributed by atoms with Gasteiger partial charge in [-0.3, -0.25) is 0 Å². The molecule has 0 radical (unpaired) electrons. The van der Waals surface area contributed by atoms with Gasteiger partial charge in [-0.25, -0.2) is 0 Å². The highest BCUT2D eigenvalue weighted by atomic mass is 79.9. The van der Waals surface area contributed by atoms with Crippen LogP contribution < -0.4 is 5.32 Å². The molecule has 1 atom stereocenters. The summed E-state index contributed by atoms with van der Waals surface area (Å²) in [5.41, 5.74) is 2.30. The Morgan fingerprint density at radius 2 is 2.27 bits per heavy atom. The highest BCUT2D eigenvalue weighted by Gasteiger charge is 2.32. The van der Waals surface area contributed by atoms with Crippen LogP contribution in [0.3, 0.4) is 0 Å². The van der Waals surface area contributed by atoms with Gasteiger partial charge in [0.2, 0.25) is 0 Å². The summed E-state index contributed by atoms with van der Waals surface area (Å²) in [6.07, 6.45) is 2.68. The third-order valence-electron chi connectivity index (χ3n) is 3.17. The molecule has 0 saturated heterocycles. The second-order valence-electron chi connectivity index (χ2n) is 4.03. The molecule has 3 heteroatoms. The van der Waals surface area contributed by atoms with Crippen molar-refractivity contribution in [1.82, 2.24) is 5.32 Å². The normalized spacial score (nSPS) is 24.3. The van der Waals surface area contributed by atoms with E-state index < -0.39 is 0 Å². The van der Waals surface area contributed by atoms with E-state index in [9.17, 15) is 5.26 Å². The van der Waals surface area contributed by atoms with Crippen LogP contribution in [0, 0.1) is 11.3 Å². The van der Waals surface area contributed by atoms with Gasteiger partial charge in [0.1, 0.15) is 5.54 Å². The van der Waals surface area contributed by atoms with Gasteiger partial charge in [-0.1, -0.05) is 22.0 Å². The standard InChI is InChI=1S/C12H13BrN2/c1-15-12(8-14)5-4-9-6-11(13)3-2-10(9)7-12/h2-3,6,15H,4-5,7H2,1H3. The Hall–Kier alpha value is -0.850. The summed E-state index contributed by atoms with van der Waals surface area (Å²) in [6, 6.07) is 8.72. The summed E-state index contributed by atoms with van der Waals surface area (Å²) in [7, 11) is 1.87. The lowest BCUT2D eigenvalue weighted by molar-refractivity contribution is 0.395. The molecule has 0 aliphatic heterocycles. The van der Waals surface area contributed by atoms with Gasteiger partial charge in [0.15, 0.2) is 0 Å². The molecule has 2 rings (SSSR count). The number of likely N-dealkylation sites (N-methyl/N-ethyl adjacent to an activating group) is 1. The van der Waals surface area contributed by atoms with Crippen molar-refractivity contribution in [1.29, 1.82) is 5.26 Å². The number of halogens is 1. The number of nitriles is 1. The maximum absolute atomic E-state index is 9.20. The predicted molar refractivity (Wildman–Crippen MR) is 63.6 cm³/mol. The number of benzene rings is 1. The van der Waals surface area contributed by atoms with Gasteiger partial charge < -0.3 is 5.32 Å². The molecule has 0 spiro atoms.